The van der Waals surface area contributed by atoms with Gasteiger partial charge in [0, 0.05) is 0 Å². The van der Waals surface area contributed by atoms with E-state index in [0.29, 0.717) is 22.6 Å². The topological polar surface area (TPSA) is 95.9 Å². The molecule has 0 saturated heterocycles. The number of benzene rings is 3. The molecule has 3 aromatic carbocycles. The van der Waals surface area contributed by atoms with Crippen LogP contribution in [0.5, 0.6) is 11.5 Å². The summed E-state index contributed by atoms with van der Waals surface area (Å²) in [6.07, 6.45) is -0.172. The summed E-state index contributed by atoms with van der Waals surface area (Å²) < 4.78 is 6.58. The second-order valence-corrected chi connectivity index (χ2v) is 7.12. The van der Waals surface area contributed by atoms with Crippen molar-refractivity contribution in [2.75, 3.05) is 0 Å². The average Bonchev–Trinajstić information content (AvgIpc) is 2.76. The van der Waals surface area contributed by atoms with E-state index in [4.69, 9.17) is 4.74 Å². The van der Waals surface area contributed by atoms with Crippen LogP contribution in [-0.4, -0.2) is 22.1 Å². The minimum Gasteiger partial charge on any atom is -0.477 e. The lowest BCUT2D eigenvalue weighted by molar-refractivity contribution is -0.136. The summed E-state index contributed by atoms with van der Waals surface area (Å²) in [5.41, 5.74) is 0.559. The normalized spacial score (nSPS) is 12.1. The lowest BCUT2D eigenvalue weighted by Gasteiger charge is -2.12. The average molecular weight is 468 g/mol. The third kappa shape index (κ3) is 5.56. The summed E-state index contributed by atoms with van der Waals surface area (Å²) in [6, 6.07) is 22.4. The van der Waals surface area contributed by atoms with Crippen LogP contribution in [-0.2, 0) is 9.59 Å². The Balaban J connectivity index is 1.73. The Morgan fingerprint density at radius 2 is 1.57 bits per heavy atom. The van der Waals surface area contributed by atoms with Gasteiger partial charge in [-0.3, -0.25) is 4.79 Å². The van der Waals surface area contributed by atoms with E-state index in [9.17, 15) is 19.8 Å². The number of hydrogen-bond donors (Lipinski definition) is 3. The molecule has 7 heteroatoms. The molecule has 1 unspecified atom stereocenters. The maximum absolute atomic E-state index is 12.2. The molecule has 6 nitrogen and oxygen atoms in total. The maximum atomic E-state index is 12.2. The molecule has 0 bridgehead atoms. The van der Waals surface area contributed by atoms with Crippen molar-refractivity contribution >= 4 is 33.9 Å². The second-order valence-electron chi connectivity index (χ2n) is 6.27. The molecule has 0 spiro atoms. The highest BCUT2D eigenvalue weighted by Gasteiger charge is 2.20. The molecule has 1 amide bonds. The summed E-state index contributed by atoms with van der Waals surface area (Å²) >= 11 is 3.41. The molecular weight excluding hydrogens is 450 g/mol. The van der Waals surface area contributed by atoms with E-state index in [1.165, 1.54) is 6.08 Å². The smallest absolute Gasteiger partial charge is 0.352 e. The number of para-hydroxylation sites is 1. The minimum atomic E-state index is -1.48. The number of aliphatic hydroxyl groups excluding tert-OH is 1. The molecule has 0 aliphatic heterocycles. The van der Waals surface area contributed by atoms with E-state index in [1.807, 2.05) is 24.3 Å². The van der Waals surface area contributed by atoms with Gasteiger partial charge >= 0.3 is 5.97 Å². The number of carbonyl (C=O) groups excluding carboxylic acids is 1. The minimum absolute atomic E-state index is 0.352. The summed E-state index contributed by atoms with van der Waals surface area (Å²) in [6.45, 7) is 0. The summed E-state index contributed by atoms with van der Waals surface area (Å²) in [4.78, 5) is 23.8. The van der Waals surface area contributed by atoms with Crippen LogP contribution < -0.4 is 10.1 Å². The van der Waals surface area contributed by atoms with Crippen LogP contribution >= 0.6 is 15.9 Å². The SMILES string of the molecule is O=C(O)/C(=C\c1ccc(Oc2ccccc2Br)cc1)NC(=O)C(O)c1ccccc1. The van der Waals surface area contributed by atoms with Crippen molar-refractivity contribution in [1.29, 1.82) is 0 Å². The highest BCUT2D eigenvalue weighted by molar-refractivity contribution is 9.10. The Morgan fingerprint density at radius 3 is 2.20 bits per heavy atom. The molecule has 0 saturated carbocycles. The van der Waals surface area contributed by atoms with Gasteiger partial charge in [-0.1, -0.05) is 54.6 Å². The Bertz CT molecular complexity index is 1060. The third-order valence-electron chi connectivity index (χ3n) is 4.11. The van der Waals surface area contributed by atoms with E-state index in [0.717, 1.165) is 4.47 Å². The van der Waals surface area contributed by atoms with Crippen LogP contribution in [0, 0.1) is 0 Å². The van der Waals surface area contributed by atoms with E-state index >= 15 is 0 Å². The van der Waals surface area contributed by atoms with Gasteiger partial charge in [-0.05, 0) is 57.4 Å². The van der Waals surface area contributed by atoms with Crippen molar-refractivity contribution in [3.05, 3.63) is 100 Å². The van der Waals surface area contributed by atoms with Gasteiger partial charge in [0.15, 0.2) is 6.10 Å². The summed E-state index contributed by atoms with van der Waals surface area (Å²) in [7, 11) is 0. The predicted octanol–water partition coefficient (Wildman–Crippen LogP) is 4.52. The van der Waals surface area contributed by atoms with Gasteiger partial charge in [-0.25, -0.2) is 4.79 Å². The zero-order valence-electron chi connectivity index (χ0n) is 15.7. The number of ether oxygens (including phenoxy) is 1. The monoisotopic (exact) mass is 467 g/mol. The van der Waals surface area contributed by atoms with Gasteiger partial charge in [-0.15, -0.1) is 0 Å². The zero-order chi connectivity index (χ0) is 21.5. The number of aliphatic carboxylic acids is 1. The molecule has 152 valence electrons. The van der Waals surface area contributed by atoms with Gasteiger partial charge in [-0.2, -0.15) is 0 Å². The highest BCUT2D eigenvalue weighted by Crippen LogP contribution is 2.29. The summed E-state index contributed by atoms with van der Waals surface area (Å²) in [5.74, 6) is -0.936. The maximum Gasteiger partial charge on any atom is 0.352 e. The Morgan fingerprint density at radius 1 is 0.933 bits per heavy atom. The van der Waals surface area contributed by atoms with E-state index in [2.05, 4.69) is 21.2 Å². The molecule has 3 rings (SSSR count). The first kappa shape index (κ1) is 21.3. The number of aliphatic hydroxyl groups is 1. The van der Waals surface area contributed by atoms with Crippen molar-refractivity contribution in [2.24, 2.45) is 0 Å². The molecule has 0 aromatic heterocycles. The third-order valence-corrected chi connectivity index (χ3v) is 4.76. The van der Waals surface area contributed by atoms with Crippen LogP contribution in [0.2, 0.25) is 0 Å². The first-order chi connectivity index (χ1) is 14.4. The van der Waals surface area contributed by atoms with Crippen molar-refractivity contribution < 1.29 is 24.5 Å². The zero-order valence-corrected chi connectivity index (χ0v) is 17.2. The number of amides is 1. The van der Waals surface area contributed by atoms with Crippen LogP contribution in [0.25, 0.3) is 6.08 Å². The molecule has 0 aliphatic carbocycles. The number of hydrogen-bond acceptors (Lipinski definition) is 4. The van der Waals surface area contributed by atoms with E-state index < -0.39 is 18.0 Å². The highest BCUT2D eigenvalue weighted by atomic mass is 79.9. The van der Waals surface area contributed by atoms with Gasteiger partial charge in [0.1, 0.15) is 17.2 Å². The quantitative estimate of drug-likeness (QED) is 0.444. The van der Waals surface area contributed by atoms with Gasteiger partial charge in [0.2, 0.25) is 0 Å². The molecular formula is C23H18BrNO5. The van der Waals surface area contributed by atoms with Crippen molar-refractivity contribution in [3.63, 3.8) is 0 Å². The fourth-order valence-electron chi connectivity index (χ4n) is 2.59. The Labute approximate surface area is 181 Å². The number of halogens is 1. The standard InChI is InChI=1S/C23H18BrNO5/c24-18-8-4-5-9-20(18)30-17-12-10-15(11-13-17)14-19(23(28)29)25-22(27)21(26)16-6-2-1-3-7-16/h1-14,21,26H,(H,25,27)(H,28,29)/b19-14+. The second kappa shape index (κ2) is 9.87. The molecule has 3 N–H and O–H groups in total. The van der Waals surface area contributed by atoms with Crippen molar-refractivity contribution in [1.82, 2.24) is 5.32 Å². The number of nitrogens with one attached hydrogen (secondary N) is 1. The lowest BCUT2D eigenvalue weighted by Crippen LogP contribution is -2.31. The molecule has 0 fully saturated rings. The lowest BCUT2D eigenvalue weighted by atomic mass is 10.1. The molecule has 3 aromatic rings. The van der Waals surface area contributed by atoms with Crippen LogP contribution in [0.15, 0.2) is 89.0 Å². The largest absolute Gasteiger partial charge is 0.477 e. The van der Waals surface area contributed by atoms with Crippen LogP contribution in [0.1, 0.15) is 17.2 Å². The molecule has 30 heavy (non-hydrogen) atoms. The Hall–Kier alpha value is -3.42. The number of carboxylic acids is 1. The van der Waals surface area contributed by atoms with Crippen molar-refractivity contribution in [3.8, 4) is 11.5 Å². The fraction of sp³-hybridized carbons (Fsp3) is 0.0435. The predicted molar refractivity (Wildman–Crippen MR) is 116 cm³/mol. The summed E-state index contributed by atoms with van der Waals surface area (Å²) in [5, 5.41) is 21.8. The molecule has 0 radical (unpaired) electrons. The van der Waals surface area contributed by atoms with E-state index in [-0.39, 0.29) is 5.70 Å². The van der Waals surface area contributed by atoms with Gasteiger partial charge in [0.05, 0.1) is 4.47 Å². The van der Waals surface area contributed by atoms with E-state index in [1.54, 1.807) is 54.6 Å². The number of carboxylic acid groups (broad SMARTS) is 1. The Kier molecular flexibility index (Phi) is 7.00. The van der Waals surface area contributed by atoms with Gasteiger partial charge < -0.3 is 20.3 Å². The molecule has 0 heterocycles. The molecule has 0 aliphatic rings. The molecule has 1 atom stereocenters. The fourth-order valence-corrected chi connectivity index (χ4v) is 2.96. The first-order valence-corrected chi connectivity index (χ1v) is 9.74. The van der Waals surface area contributed by atoms with Crippen LogP contribution in [0.3, 0.4) is 0 Å². The van der Waals surface area contributed by atoms with Crippen molar-refractivity contribution in [2.45, 2.75) is 6.10 Å². The number of rotatable bonds is 7. The first-order valence-electron chi connectivity index (χ1n) is 8.95. The number of carbonyl (C=O) groups is 2. The van der Waals surface area contributed by atoms with Gasteiger partial charge in [0.25, 0.3) is 5.91 Å². The van der Waals surface area contributed by atoms with Crippen LogP contribution in [0.4, 0.5) is 0 Å².